The van der Waals surface area contributed by atoms with Crippen molar-refractivity contribution in [1.29, 1.82) is 0 Å². The van der Waals surface area contributed by atoms with Gasteiger partial charge in [-0.25, -0.2) is 0 Å². The Balaban J connectivity index is 1.22. The zero-order valence-electron chi connectivity index (χ0n) is 28.2. The normalized spacial score (nSPS) is 25.1. The van der Waals surface area contributed by atoms with E-state index in [4.69, 9.17) is 9.47 Å². The van der Waals surface area contributed by atoms with Crippen LogP contribution < -0.4 is 15.2 Å². The van der Waals surface area contributed by atoms with Crippen LogP contribution in [0.15, 0.2) is 77.7 Å². The lowest BCUT2D eigenvalue weighted by Gasteiger charge is -2.32. The molecule has 0 aliphatic carbocycles. The Morgan fingerprint density at radius 1 is 1.10 bits per heavy atom. The van der Waals surface area contributed by atoms with Crippen molar-refractivity contribution in [3.63, 3.8) is 0 Å². The molecule has 2 amide bonds. The van der Waals surface area contributed by atoms with Gasteiger partial charge in [-0.2, -0.15) is 9.78 Å². The molecule has 3 aliphatic heterocycles. The zero-order chi connectivity index (χ0) is 34.7. The number of fused-ring (bicyclic) bond motifs is 3. The molecular formula is C37H42N4O7Si. The monoisotopic (exact) mass is 682 g/mol. The van der Waals surface area contributed by atoms with Crippen molar-refractivity contribution in [2.24, 2.45) is 5.92 Å². The largest absolute Gasteiger partial charge is 0.497 e. The fraction of sp³-hybridized carbons (Fsp3) is 0.405. The molecule has 0 unspecified atom stereocenters. The van der Waals surface area contributed by atoms with Crippen molar-refractivity contribution in [2.45, 2.75) is 69.1 Å². The third kappa shape index (κ3) is 5.47. The summed E-state index contributed by atoms with van der Waals surface area (Å²) < 4.78 is 13.8. The van der Waals surface area contributed by atoms with Crippen molar-refractivity contribution < 1.29 is 29.0 Å². The van der Waals surface area contributed by atoms with E-state index in [0.29, 0.717) is 34.6 Å². The molecule has 0 radical (unpaired) electrons. The summed E-state index contributed by atoms with van der Waals surface area (Å²) >= 11 is 0. The van der Waals surface area contributed by atoms with E-state index in [1.165, 1.54) is 4.68 Å². The number of likely N-dealkylation sites (tertiary alicyclic amines) is 1. The maximum absolute atomic E-state index is 14.8. The Bertz CT molecular complexity index is 1980. The van der Waals surface area contributed by atoms with Crippen LogP contribution in [-0.2, 0) is 26.5 Å². The smallest absolute Gasteiger partial charge is 0.279 e. The van der Waals surface area contributed by atoms with E-state index in [1.54, 1.807) is 29.2 Å². The molecule has 3 aliphatic rings. The van der Waals surface area contributed by atoms with Gasteiger partial charge in [0.1, 0.15) is 5.75 Å². The number of benzene rings is 3. The van der Waals surface area contributed by atoms with Crippen LogP contribution in [0.1, 0.15) is 37.3 Å². The highest BCUT2D eigenvalue weighted by Crippen LogP contribution is 2.60. The van der Waals surface area contributed by atoms with Crippen molar-refractivity contribution >= 4 is 36.6 Å². The summed E-state index contributed by atoms with van der Waals surface area (Å²) in [6.07, 6.45) is 2.56. The number of rotatable bonds is 8. The van der Waals surface area contributed by atoms with Gasteiger partial charge in [0.25, 0.3) is 11.5 Å². The van der Waals surface area contributed by atoms with Gasteiger partial charge in [-0.3, -0.25) is 14.4 Å². The van der Waals surface area contributed by atoms with Gasteiger partial charge in [-0.15, -0.1) is 0 Å². The van der Waals surface area contributed by atoms with Gasteiger partial charge in [0.05, 0.1) is 61.8 Å². The minimum atomic E-state index is -2.99. The Labute approximate surface area is 285 Å². The van der Waals surface area contributed by atoms with E-state index in [9.17, 15) is 24.3 Å². The molecule has 49 heavy (non-hydrogen) atoms. The first-order valence-corrected chi connectivity index (χ1v) is 19.9. The molecule has 1 aromatic heterocycles. The molecule has 5 atom stereocenters. The molecule has 11 nitrogen and oxygen atoms in total. The molecule has 1 spiro atoms. The highest BCUT2D eigenvalue weighted by atomic mass is 28.4. The van der Waals surface area contributed by atoms with Gasteiger partial charge in [-0.1, -0.05) is 37.3 Å². The second kappa shape index (κ2) is 12.5. The van der Waals surface area contributed by atoms with Crippen LogP contribution in [0.2, 0.25) is 18.6 Å². The van der Waals surface area contributed by atoms with Gasteiger partial charge in [0.2, 0.25) is 5.91 Å². The molecule has 4 heterocycles. The van der Waals surface area contributed by atoms with Gasteiger partial charge in [0, 0.05) is 29.0 Å². The summed E-state index contributed by atoms with van der Waals surface area (Å²) in [5.74, 6) is -0.267. The second-order valence-electron chi connectivity index (χ2n) is 14.0. The summed E-state index contributed by atoms with van der Waals surface area (Å²) in [5.41, 5.74) is 0.704. The lowest BCUT2D eigenvalue weighted by Crippen LogP contribution is -2.46. The topological polar surface area (TPSA) is 134 Å². The SMILES string of the molecule is COc1ccc2c(c1)[C@]1(O[C@@H](CC(=O)N3CCC[C@H]3CO)[C@H]([Si](C)(C)O)[C@H]1C)C(=O)N2Cc1ccc(-n2ncc3ccccc3c2=O)cc1. The van der Waals surface area contributed by atoms with Gasteiger partial charge < -0.3 is 29.2 Å². The molecule has 256 valence electrons. The van der Waals surface area contributed by atoms with E-state index < -0.39 is 31.5 Å². The number of nitrogens with zero attached hydrogens (tertiary/aromatic N) is 4. The molecule has 0 saturated carbocycles. The molecule has 2 saturated heterocycles. The molecule has 12 heteroatoms. The minimum Gasteiger partial charge on any atom is -0.497 e. The van der Waals surface area contributed by atoms with E-state index >= 15 is 0 Å². The van der Waals surface area contributed by atoms with Crippen molar-refractivity contribution in [1.82, 2.24) is 14.7 Å². The predicted molar refractivity (Wildman–Crippen MR) is 187 cm³/mol. The number of carbonyl (C=O) groups excluding carboxylic acids is 2. The number of aliphatic hydroxyl groups excluding tert-OH is 1. The van der Waals surface area contributed by atoms with E-state index in [0.717, 1.165) is 23.8 Å². The van der Waals surface area contributed by atoms with Crippen molar-refractivity contribution in [2.75, 3.05) is 25.2 Å². The highest BCUT2D eigenvalue weighted by molar-refractivity contribution is 6.71. The first kappa shape index (κ1) is 33.1. The molecule has 2 N–H and O–H groups in total. The Morgan fingerprint density at radius 2 is 1.86 bits per heavy atom. The molecule has 3 aromatic carbocycles. The maximum atomic E-state index is 14.8. The molecule has 0 bridgehead atoms. The van der Waals surface area contributed by atoms with Crippen molar-refractivity contribution in [3.8, 4) is 11.4 Å². The number of hydrogen-bond acceptors (Lipinski definition) is 8. The second-order valence-corrected chi connectivity index (χ2v) is 18.0. The number of anilines is 1. The Kier molecular flexibility index (Phi) is 8.46. The van der Waals surface area contributed by atoms with Crippen LogP contribution in [0.4, 0.5) is 5.69 Å². The average Bonchev–Trinajstić information content (AvgIpc) is 3.75. The summed E-state index contributed by atoms with van der Waals surface area (Å²) in [6, 6.07) is 20.0. The predicted octanol–water partition coefficient (Wildman–Crippen LogP) is 4.11. The standard InChI is InChI=1S/C37H42N4O7Si/c1-23-34(49(3,4)46)32(19-33(43)39-17-7-9-27(39)22-42)48-37(23)30-18-28(47-2)15-16-31(30)40(36(37)45)21-24-11-13-26(14-12-24)41-35(44)29-10-6-5-8-25(29)20-38-41/h5-6,8,10-16,18,20,23,27,32,34,42,46H,7,9,17,19,21-22H2,1-4H3/t23-,27+,32+,34-,37+/m1/s1. The van der Waals surface area contributed by atoms with Crippen LogP contribution in [0.3, 0.4) is 0 Å². The number of hydrogen-bond donors (Lipinski definition) is 2. The van der Waals surface area contributed by atoms with Gasteiger partial charge >= 0.3 is 0 Å². The van der Waals surface area contributed by atoms with Crippen LogP contribution in [0.5, 0.6) is 5.75 Å². The molecule has 2 fully saturated rings. The number of aromatic nitrogens is 2. The van der Waals surface area contributed by atoms with Crippen LogP contribution in [0, 0.1) is 5.92 Å². The van der Waals surface area contributed by atoms with E-state index in [1.807, 2.05) is 80.7 Å². The van der Waals surface area contributed by atoms with Crippen LogP contribution in [-0.4, -0.2) is 77.1 Å². The minimum absolute atomic E-state index is 0.0144. The lowest BCUT2D eigenvalue weighted by atomic mass is 9.82. The zero-order valence-corrected chi connectivity index (χ0v) is 29.2. The number of amides is 2. The third-order valence-electron chi connectivity index (χ3n) is 10.7. The Morgan fingerprint density at radius 3 is 2.57 bits per heavy atom. The van der Waals surface area contributed by atoms with Gasteiger partial charge in [-0.05, 0) is 67.9 Å². The summed E-state index contributed by atoms with van der Waals surface area (Å²) in [5, 5.41) is 15.6. The van der Waals surface area contributed by atoms with E-state index in [2.05, 4.69) is 5.10 Å². The summed E-state index contributed by atoms with van der Waals surface area (Å²) in [4.78, 5) is 56.7. The Hall–Kier alpha value is -4.36. The van der Waals surface area contributed by atoms with Gasteiger partial charge in [0.15, 0.2) is 13.9 Å². The van der Waals surface area contributed by atoms with Crippen molar-refractivity contribution in [3.05, 3.63) is 94.4 Å². The fourth-order valence-electron chi connectivity index (χ4n) is 8.38. The highest BCUT2D eigenvalue weighted by Gasteiger charge is 2.66. The first-order chi connectivity index (χ1) is 23.5. The third-order valence-corrected chi connectivity index (χ3v) is 13.2. The molecule has 7 rings (SSSR count). The number of carbonyl (C=O) groups is 2. The first-order valence-electron chi connectivity index (χ1n) is 16.8. The summed E-state index contributed by atoms with van der Waals surface area (Å²) in [7, 11) is -1.42. The number of methoxy groups -OCH3 is 1. The quantitative estimate of drug-likeness (QED) is 0.265. The lowest BCUT2D eigenvalue weighted by molar-refractivity contribution is -0.150. The molecular weight excluding hydrogens is 641 g/mol. The average molecular weight is 683 g/mol. The number of aliphatic hydroxyl groups is 1. The maximum Gasteiger partial charge on any atom is 0.279 e. The van der Waals surface area contributed by atoms with Crippen LogP contribution >= 0.6 is 0 Å². The summed E-state index contributed by atoms with van der Waals surface area (Å²) in [6.45, 7) is 6.32. The molecule has 4 aromatic rings. The van der Waals surface area contributed by atoms with Crippen LogP contribution in [0.25, 0.3) is 16.5 Å². The fourth-order valence-corrected chi connectivity index (χ4v) is 10.9. The van der Waals surface area contributed by atoms with E-state index in [-0.39, 0.29) is 43.0 Å². The number of ether oxygens (including phenoxy) is 2.